The average Bonchev–Trinajstić information content (AvgIpc) is 2.97. The van der Waals surface area contributed by atoms with Gasteiger partial charge in [0.15, 0.2) is 0 Å². The summed E-state index contributed by atoms with van der Waals surface area (Å²) in [6.45, 7) is 6.05. The number of amides is 1. The van der Waals surface area contributed by atoms with Gasteiger partial charge < -0.3 is 20.4 Å². The predicted octanol–water partition coefficient (Wildman–Crippen LogP) is 2.12. The molecule has 2 N–H and O–H groups in total. The van der Waals surface area contributed by atoms with Gasteiger partial charge in [-0.3, -0.25) is 4.79 Å². The SMILES string of the molecule is CNc1nccc(N2CCC(CC(=O)NCCN3CCCCCC3)CC2)n1. The Morgan fingerprint density at radius 3 is 2.59 bits per heavy atom. The Morgan fingerprint density at radius 2 is 1.89 bits per heavy atom. The van der Waals surface area contributed by atoms with Crippen molar-refractivity contribution in [2.75, 3.05) is 56.5 Å². The van der Waals surface area contributed by atoms with Gasteiger partial charge in [-0.05, 0) is 50.8 Å². The first-order chi connectivity index (χ1) is 13.2. The number of nitrogens with one attached hydrogen (secondary N) is 2. The molecule has 0 unspecified atom stereocenters. The summed E-state index contributed by atoms with van der Waals surface area (Å²) < 4.78 is 0. The second kappa shape index (κ2) is 10.4. The molecule has 1 amide bonds. The van der Waals surface area contributed by atoms with E-state index < -0.39 is 0 Å². The van der Waals surface area contributed by atoms with Crippen LogP contribution >= 0.6 is 0 Å². The molecule has 0 aromatic carbocycles. The molecule has 7 nitrogen and oxygen atoms in total. The number of hydrogen-bond acceptors (Lipinski definition) is 6. The van der Waals surface area contributed by atoms with Crippen LogP contribution in [-0.2, 0) is 4.79 Å². The van der Waals surface area contributed by atoms with Crippen molar-refractivity contribution in [3.05, 3.63) is 12.3 Å². The molecule has 3 rings (SSSR count). The van der Waals surface area contributed by atoms with E-state index in [0.717, 1.165) is 44.8 Å². The summed E-state index contributed by atoms with van der Waals surface area (Å²) in [4.78, 5) is 25.7. The number of carbonyl (C=O) groups is 1. The standard InChI is InChI=1S/C20H34N6O/c1-21-20-23-9-6-18(24-20)26-13-7-17(8-14-26)16-19(27)22-10-15-25-11-4-2-3-5-12-25/h6,9,17H,2-5,7-8,10-16H2,1H3,(H,22,27)(H,21,23,24). The van der Waals surface area contributed by atoms with E-state index in [-0.39, 0.29) is 5.91 Å². The number of piperidine rings is 1. The lowest BCUT2D eigenvalue weighted by Crippen LogP contribution is -2.38. The van der Waals surface area contributed by atoms with Gasteiger partial charge in [0.05, 0.1) is 0 Å². The van der Waals surface area contributed by atoms with Crippen LogP contribution in [0, 0.1) is 5.92 Å². The first-order valence-corrected chi connectivity index (χ1v) is 10.5. The van der Waals surface area contributed by atoms with E-state index in [1.54, 1.807) is 6.20 Å². The number of hydrogen-bond donors (Lipinski definition) is 2. The van der Waals surface area contributed by atoms with E-state index in [4.69, 9.17) is 0 Å². The number of likely N-dealkylation sites (tertiary alicyclic amines) is 1. The molecule has 150 valence electrons. The minimum Gasteiger partial charge on any atom is -0.357 e. The minimum absolute atomic E-state index is 0.211. The Kier molecular flexibility index (Phi) is 7.68. The summed E-state index contributed by atoms with van der Waals surface area (Å²) in [6.07, 6.45) is 9.83. The molecule has 0 spiro atoms. The molecule has 0 saturated carbocycles. The summed E-state index contributed by atoms with van der Waals surface area (Å²) >= 11 is 0. The van der Waals surface area contributed by atoms with Crippen molar-refractivity contribution in [1.29, 1.82) is 0 Å². The maximum Gasteiger partial charge on any atom is 0.224 e. The van der Waals surface area contributed by atoms with Crippen molar-refractivity contribution in [1.82, 2.24) is 20.2 Å². The van der Waals surface area contributed by atoms with E-state index in [9.17, 15) is 4.79 Å². The molecular weight excluding hydrogens is 340 g/mol. The lowest BCUT2D eigenvalue weighted by molar-refractivity contribution is -0.122. The molecule has 1 aromatic heterocycles. The number of nitrogens with zero attached hydrogens (tertiary/aromatic N) is 4. The molecule has 0 radical (unpaired) electrons. The minimum atomic E-state index is 0.211. The average molecular weight is 375 g/mol. The number of aromatic nitrogens is 2. The summed E-state index contributed by atoms with van der Waals surface area (Å²) in [6, 6.07) is 1.96. The maximum atomic E-state index is 12.3. The molecule has 2 aliphatic heterocycles. The highest BCUT2D eigenvalue weighted by atomic mass is 16.1. The fourth-order valence-corrected chi connectivity index (χ4v) is 4.06. The summed E-state index contributed by atoms with van der Waals surface area (Å²) in [5, 5.41) is 6.12. The number of anilines is 2. The van der Waals surface area contributed by atoms with E-state index in [1.807, 2.05) is 13.1 Å². The highest BCUT2D eigenvalue weighted by Gasteiger charge is 2.22. The summed E-state index contributed by atoms with van der Waals surface area (Å²) in [5.41, 5.74) is 0. The van der Waals surface area contributed by atoms with Gasteiger partial charge in [0.2, 0.25) is 11.9 Å². The van der Waals surface area contributed by atoms with Crippen molar-refractivity contribution in [3.63, 3.8) is 0 Å². The zero-order valence-corrected chi connectivity index (χ0v) is 16.6. The van der Waals surface area contributed by atoms with Gasteiger partial charge in [0, 0.05) is 45.8 Å². The second-order valence-electron chi connectivity index (χ2n) is 7.73. The van der Waals surface area contributed by atoms with Crippen LogP contribution in [0.25, 0.3) is 0 Å². The van der Waals surface area contributed by atoms with E-state index in [1.165, 1.54) is 38.8 Å². The molecule has 7 heteroatoms. The van der Waals surface area contributed by atoms with Crippen molar-refractivity contribution in [2.45, 2.75) is 44.9 Å². The van der Waals surface area contributed by atoms with Crippen molar-refractivity contribution >= 4 is 17.7 Å². The predicted molar refractivity (Wildman–Crippen MR) is 109 cm³/mol. The van der Waals surface area contributed by atoms with E-state index >= 15 is 0 Å². The molecular formula is C20H34N6O. The normalized spacial score (nSPS) is 19.5. The second-order valence-corrected chi connectivity index (χ2v) is 7.73. The van der Waals surface area contributed by atoms with Crippen molar-refractivity contribution < 1.29 is 4.79 Å². The van der Waals surface area contributed by atoms with Crippen molar-refractivity contribution in [2.24, 2.45) is 5.92 Å². The fourth-order valence-electron chi connectivity index (χ4n) is 4.06. The van der Waals surface area contributed by atoms with Gasteiger partial charge >= 0.3 is 0 Å². The highest BCUT2D eigenvalue weighted by Crippen LogP contribution is 2.24. The summed E-state index contributed by atoms with van der Waals surface area (Å²) in [5.74, 6) is 2.31. The van der Waals surface area contributed by atoms with Crippen LogP contribution in [0.4, 0.5) is 11.8 Å². The van der Waals surface area contributed by atoms with Crippen LogP contribution in [0.15, 0.2) is 12.3 Å². The third-order valence-corrected chi connectivity index (χ3v) is 5.73. The van der Waals surface area contributed by atoms with Crippen LogP contribution in [0.3, 0.4) is 0 Å². The van der Waals surface area contributed by atoms with E-state index in [0.29, 0.717) is 18.3 Å². The molecule has 0 atom stereocenters. The molecule has 2 fully saturated rings. The smallest absolute Gasteiger partial charge is 0.224 e. The Balaban J connectivity index is 1.34. The molecule has 2 saturated heterocycles. The highest BCUT2D eigenvalue weighted by molar-refractivity contribution is 5.76. The monoisotopic (exact) mass is 374 g/mol. The molecule has 0 aliphatic carbocycles. The van der Waals surface area contributed by atoms with Crippen LogP contribution < -0.4 is 15.5 Å². The zero-order valence-electron chi connectivity index (χ0n) is 16.6. The molecule has 27 heavy (non-hydrogen) atoms. The van der Waals surface area contributed by atoms with Gasteiger partial charge in [-0.25, -0.2) is 4.98 Å². The topological polar surface area (TPSA) is 73.4 Å². The first kappa shape index (κ1) is 19.9. The molecule has 2 aliphatic rings. The van der Waals surface area contributed by atoms with E-state index in [2.05, 4.69) is 30.4 Å². The molecule has 3 heterocycles. The summed E-state index contributed by atoms with van der Waals surface area (Å²) in [7, 11) is 1.83. The lowest BCUT2D eigenvalue weighted by Gasteiger charge is -2.32. The Bertz CT molecular complexity index is 580. The van der Waals surface area contributed by atoms with Gasteiger partial charge in [-0.15, -0.1) is 0 Å². The Labute approximate surface area is 162 Å². The number of rotatable bonds is 7. The molecule has 0 bridgehead atoms. The number of carbonyl (C=O) groups excluding carboxylic acids is 1. The first-order valence-electron chi connectivity index (χ1n) is 10.5. The maximum absolute atomic E-state index is 12.3. The largest absolute Gasteiger partial charge is 0.357 e. The van der Waals surface area contributed by atoms with Gasteiger partial charge in [-0.1, -0.05) is 12.8 Å². The van der Waals surface area contributed by atoms with Gasteiger partial charge in [-0.2, -0.15) is 4.98 Å². The molecule has 1 aromatic rings. The lowest BCUT2D eigenvalue weighted by atomic mass is 9.93. The third kappa shape index (κ3) is 6.34. The van der Waals surface area contributed by atoms with Crippen LogP contribution in [0.1, 0.15) is 44.9 Å². The quantitative estimate of drug-likeness (QED) is 0.762. The van der Waals surface area contributed by atoms with Gasteiger partial charge in [0.25, 0.3) is 0 Å². The van der Waals surface area contributed by atoms with Gasteiger partial charge in [0.1, 0.15) is 5.82 Å². The third-order valence-electron chi connectivity index (χ3n) is 5.73. The zero-order chi connectivity index (χ0) is 18.9. The van der Waals surface area contributed by atoms with Crippen LogP contribution in [0.2, 0.25) is 0 Å². The fraction of sp³-hybridized carbons (Fsp3) is 0.750. The Morgan fingerprint density at radius 1 is 1.15 bits per heavy atom. The van der Waals surface area contributed by atoms with Crippen LogP contribution in [-0.4, -0.2) is 67.1 Å². The van der Waals surface area contributed by atoms with Crippen LogP contribution in [0.5, 0.6) is 0 Å². The van der Waals surface area contributed by atoms with Crippen molar-refractivity contribution in [3.8, 4) is 0 Å². The Hall–Kier alpha value is -1.89.